The van der Waals surface area contributed by atoms with Gasteiger partial charge in [-0.3, -0.25) is 9.69 Å². The molecule has 0 spiro atoms. The first-order valence-corrected chi connectivity index (χ1v) is 8.26. The Morgan fingerprint density at radius 3 is 2.50 bits per heavy atom. The fraction of sp³-hybridized carbons (Fsp3) is 0.938. The number of aliphatic carboxylic acids is 1. The first-order valence-electron chi connectivity index (χ1n) is 8.26. The molecule has 3 fully saturated rings. The Bertz CT molecular complexity index is 346. The predicted octanol–water partition coefficient (Wildman–Crippen LogP) is 2.52. The molecule has 1 N–H and O–H groups in total. The number of carboxylic acid groups (broad SMARTS) is 1. The molecule has 1 aliphatic carbocycles. The van der Waals surface area contributed by atoms with Crippen LogP contribution in [0.15, 0.2) is 0 Å². The first-order chi connectivity index (χ1) is 9.71. The molecule has 1 atom stereocenters. The summed E-state index contributed by atoms with van der Waals surface area (Å²) in [5.74, 6) is 0.209. The molecular weight excluding hydrogens is 254 g/mol. The van der Waals surface area contributed by atoms with Crippen molar-refractivity contribution in [3.63, 3.8) is 0 Å². The van der Waals surface area contributed by atoms with Crippen LogP contribution in [0.3, 0.4) is 0 Å². The summed E-state index contributed by atoms with van der Waals surface area (Å²) >= 11 is 0. The molecule has 4 nitrogen and oxygen atoms in total. The highest BCUT2D eigenvalue weighted by molar-refractivity contribution is 5.75. The fourth-order valence-electron chi connectivity index (χ4n) is 4.51. The maximum Gasteiger partial charge on any atom is 0.311 e. The van der Waals surface area contributed by atoms with E-state index in [4.69, 9.17) is 4.74 Å². The Kier molecular flexibility index (Phi) is 4.32. The molecule has 4 heteroatoms. The van der Waals surface area contributed by atoms with Crippen LogP contribution in [-0.2, 0) is 9.53 Å². The summed E-state index contributed by atoms with van der Waals surface area (Å²) in [6, 6.07) is 0.650. The van der Waals surface area contributed by atoms with Crippen molar-refractivity contribution in [2.45, 2.75) is 57.4 Å². The van der Waals surface area contributed by atoms with Gasteiger partial charge in [-0.1, -0.05) is 12.8 Å². The van der Waals surface area contributed by atoms with Crippen LogP contribution in [0.2, 0.25) is 0 Å². The van der Waals surface area contributed by atoms with Crippen molar-refractivity contribution in [3.8, 4) is 0 Å². The number of hydrogen-bond acceptors (Lipinski definition) is 3. The highest BCUT2D eigenvalue weighted by Crippen LogP contribution is 2.39. The van der Waals surface area contributed by atoms with Crippen LogP contribution in [0.4, 0.5) is 0 Å². The van der Waals surface area contributed by atoms with Gasteiger partial charge < -0.3 is 9.84 Å². The van der Waals surface area contributed by atoms with Gasteiger partial charge in [0.05, 0.1) is 5.41 Å². The van der Waals surface area contributed by atoms with Gasteiger partial charge in [0.2, 0.25) is 0 Å². The Morgan fingerprint density at radius 2 is 1.85 bits per heavy atom. The van der Waals surface area contributed by atoms with E-state index in [-0.39, 0.29) is 0 Å². The maximum atomic E-state index is 11.8. The van der Waals surface area contributed by atoms with Gasteiger partial charge in [-0.25, -0.2) is 0 Å². The molecule has 20 heavy (non-hydrogen) atoms. The standard InChI is InChI=1S/C16H27NO3/c18-15(19)16(7-10-20-11-8-16)12-17-9-3-6-14(17)13-4-1-2-5-13/h13-14H,1-12H2,(H,18,19). The predicted molar refractivity (Wildman–Crippen MR) is 76.7 cm³/mol. The minimum Gasteiger partial charge on any atom is -0.481 e. The normalized spacial score (nSPS) is 31.7. The summed E-state index contributed by atoms with van der Waals surface area (Å²) in [6.07, 6.45) is 9.31. The van der Waals surface area contributed by atoms with E-state index in [2.05, 4.69) is 4.90 Å². The van der Waals surface area contributed by atoms with Crippen LogP contribution in [0.5, 0.6) is 0 Å². The Hall–Kier alpha value is -0.610. The second-order valence-electron chi connectivity index (χ2n) is 6.92. The van der Waals surface area contributed by atoms with Crippen LogP contribution in [0.1, 0.15) is 51.4 Å². The van der Waals surface area contributed by atoms with Crippen LogP contribution in [-0.4, -0.2) is 48.3 Å². The van der Waals surface area contributed by atoms with Crippen LogP contribution in [0, 0.1) is 11.3 Å². The zero-order chi connectivity index (χ0) is 14.0. The van der Waals surface area contributed by atoms with Crippen LogP contribution < -0.4 is 0 Å². The monoisotopic (exact) mass is 281 g/mol. The molecule has 3 aliphatic rings. The van der Waals surface area contributed by atoms with E-state index in [0.29, 0.717) is 32.1 Å². The fourth-order valence-corrected chi connectivity index (χ4v) is 4.51. The molecular formula is C16H27NO3. The van der Waals surface area contributed by atoms with E-state index in [1.165, 1.54) is 38.5 Å². The van der Waals surface area contributed by atoms with E-state index in [9.17, 15) is 9.90 Å². The number of rotatable bonds is 4. The lowest BCUT2D eigenvalue weighted by molar-refractivity contribution is -0.157. The lowest BCUT2D eigenvalue weighted by atomic mass is 9.79. The molecule has 1 unspecified atom stereocenters. The van der Waals surface area contributed by atoms with Gasteiger partial charge in [-0.2, -0.15) is 0 Å². The van der Waals surface area contributed by atoms with Crippen molar-refractivity contribution in [2.75, 3.05) is 26.3 Å². The number of carboxylic acids is 1. The van der Waals surface area contributed by atoms with E-state index in [1.54, 1.807) is 0 Å². The molecule has 1 saturated carbocycles. The van der Waals surface area contributed by atoms with E-state index in [1.807, 2.05) is 0 Å². The molecule has 2 aliphatic heterocycles. The van der Waals surface area contributed by atoms with E-state index >= 15 is 0 Å². The molecule has 0 aromatic carbocycles. The van der Waals surface area contributed by atoms with Gasteiger partial charge >= 0.3 is 5.97 Å². The van der Waals surface area contributed by atoms with Crippen molar-refractivity contribution in [1.29, 1.82) is 0 Å². The zero-order valence-corrected chi connectivity index (χ0v) is 12.4. The molecule has 3 rings (SSSR count). The number of carbonyl (C=O) groups is 1. The Labute approximate surface area is 121 Å². The molecule has 2 heterocycles. The van der Waals surface area contributed by atoms with E-state index in [0.717, 1.165) is 19.0 Å². The maximum absolute atomic E-state index is 11.8. The summed E-state index contributed by atoms with van der Waals surface area (Å²) in [6.45, 7) is 3.05. The summed E-state index contributed by atoms with van der Waals surface area (Å²) in [5, 5.41) is 9.72. The highest BCUT2D eigenvalue weighted by atomic mass is 16.5. The van der Waals surface area contributed by atoms with Gasteiger partial charge in [0.1, 0.15) is 0 Å². The Balaban J connectivity index is 1.69. The van der Waals surface area contributed by atoms with Gasteiger partial charge in [0, 0.05) is 25.8 Å². The summed E-state index contributed by atoms with van der Waals surface area (Å²) in [5.41, 5.74) is -0.556. The summed E-state index contributed by atoms with van der Waals surface area (Å²) < 4.78 is 5.38. The second-order valence-corrected chi connectivity index (χ2v) is 6.92. The quantitative estimate of drug-likeness (QED) is 0.860. The molecule has 0 radical (unpaired) electrons. The molecule has 0 aromatic heterocycles. The van der Waals surface area contributed by atoms with Gasteiger partial charge in [-0.15, -0.1) is 0 Å². The van der Waals surface area contributed by atoms with Crippen molar-refractivity contribution < 1.29 is 14.6 Å². The molecule has 0 bridgehead atoms. The molecule has 0 aromatic rings. The van der Waals surface area contributed by atoms with Crippen molar-refractivity contribution in [2.24, 2.45) is 11.3 Å². The molecule has 0 amide bonds. The Morgan fingerprint density at radius 1 is 1.15 bits per heavy atom. The smallest absolute Gasteiger partial charge is 0.311 e. The van der Waals surface area contributed by atoms with Crippen molar-refractivity contribution in [3.05, 3.63) is 0 Å². The SMILES string of the molecule is O=C(O)C1(CN2CCCC2C2CCCC2)CCOCC1. The number of likely N-dealkylation sites (tertiary alicyclic amines) is 1. The zero-order valence-electron chi connectivity index (χ0n) is 12.4. The summed E-state index contributed by atoms with van der Waals surface area (Å²) in [7, 11) is 0. The number of ether oxygens (including phenoxy) is 1. The van der Waals surface area contributed by atoms with Gasteiger partial charge in [0.25, 0.3) is 0 Å². The van der Waals surface area contributed by atoms with Gasteiger partial charge in [-0.05, 0) is 51.0 Å². The highest BCUT2D eigenvalue weighted by Gasteiger charge is 2.44. The van der Waals surface area contributed by atoms with Crippen LogP contribution in [0.25, 0.3) is 0 Å². The lowest BCUT2D eigenvalue weighted by Crippen LogP contribution is -2.49. The second kappa shape index (κ2) is 6.02. The van der Waals surface area contributed by atoms with Crippen molar-refractivity contribution >= 4 is 5.97 Å². The molecule has 2 saturated heterocycles. The van der Waals surface area contributed by atoms with Crippen LogP contribution >= 0.6 is 0 Å². The number of nitrogens with zero attached hydrogens (tertiary/aromatic N) is 1. The minimum absolute atomic E-state index is 0.556. The van der Waals surface area contributed by atoms with Crippen molar-refractivity contribution in [1.82, 2.24) is 4.90 Å². The lowest BCUT2D eigenvalue weighted by Gasteiger charge is -2.39. The third-order valence-corrected chi connectivity index (χ3v) is 5.77. The largest absolute Gasteiger partial charge is 0.481 e. The first kappa shape index (κ1) is 14.3. The third-order valence-electron chi connectivity index (χ3n) is 5.77. The van der Waals surface area contributed by atoms with E-state index < -0.39 is 11.4 Å². The minimum atomic E-state index is -0.613. The third kappa shape index (κ3) is 2.73. The summed E-state index contributed by atoms with van der Waals surface area (Å²) in [4.78, 5) is 14.3. The number of hydrogen-bond donors (Lipinski definition) is 1. The topological polar surface area (TPSA) is 49.8 Å². The average Bonchev–Trinajstić information content (AvgIpc) is 3.10. The van der Waals surface area contributed by atoms with Gasteiger partial charge in [0.15, 0.2) is 0 Å². The molecule has 114 valence electrons. The average molecular weight is 281 g/mol.